The Morgan fingerprint density at radius 3 is 1.77 bits per heavy atom. The van der Waals surface area contributed by atoms with E-state index in [0.717, 1.165) is 4.90 Å². The summed E-state index contributed by atoms with van der Waals surface area (Å²) in [7, 11) is 1.44. The number of urea groups is 1. The van der Waals surface area contributed by atoms with Crippen LogP contribution >= 0.6 is 0 Å². The lowest BCUT2D eigenvalue weighted by Crippen LogP contribution is -2.51. The highest BCUT2D eigenvalue weighted by Crippen LogP contribution is 2.26. The molecule has 1 saturated heterocycles. The Labute approximate surface area is 183 Å². The van der Waals surface area contributed by atoms with E-state index in [2.05, 4.69) is 0 Å². The molecular formula is C21H34N2O8. The van der Waals surface area contributed by atoms with Gasteiger partial charge < -0.3 is 19.1 Å². The average molecular weight is 443 g/mol. The summed E-state index contributed by atoms with van der Waals surface area (Å²) in [4.78, 5) is 65.7. The smallest absolute Gasteiger partial charge is 0.331 e. The summed E-state index contributed by atoms with van der Waals surface area (Å²) in [6.45, 7) is 12.7. The van der Waals surface area contributed by atoms with Crippen LogP contribution in [0.5, 0.6) is 0 Å². The molecule has 3 amide bonds. The van der Waals surface area contributed by atoms with Gasteiger partial charge in [0.1, 0.15) is 5.60 Å². The second-order valence-electron chi connectivity index (χ2n) is 9.16. The summed E-state index contributed by atoms with van der Waals surface area (Å²) >= 11 is 0. The molecule has 0 radical (unpaired) electrons. The largest absolute Gasteiger partial charge is 0.462 e. The molecule has 0 N–H and O–H groups in total. The normalized spacial score (nSPS) is 17.9. The molecule has 10 nitrogen and oxygen atoms in total. The zero-order chi connectivity index (χ0) is 24.3. The van der Waals surface area contributed by atoms with Crippen LogP contribution in [-0.4, -0.2) is 77.1 Å². The highest BCUT2D eigenvalue weighted by Gasteiger charge is 2.50. The summed E-state index contributed by atoms with van der Waals surface area (Å²) in [5.41, 5.74) is -0.827. The molecule has 0 bridgehead atoms. The Morgan fingerprint density at radius 2 is 1.39 bits per heavy atom. The standard InChI is InChI=1S/C21H34N2O8/c1-11(2)29-18(26)15(19(27)30-12(3)4)13(5)16(24)23-14(10-22(9)20(23)28)17(25)31-21(6,7)8/h11-15H,10H2,1-9H3/t13-,14+/m1/s1. The van der Waals surface area contributed by atoms with Gasteiger partial charge in [0.15, 0.2) is 12.0 Å². The quantitative estimate of drug-likeness (QED) is 0.332. The lowest BCUT2D eigenvalue weighted by atomic mass is 9.92. The minimum Gasteiger partial charge on any atom is -0.462 e. The Bertz CT molecular complexity index is 703. The summed E-state index contributed by atoms with van der Waals surface area (Å²) in [5, 5.41) is 0. The first-order valence-corrected chi connectivity index (χ1v) is 10.3. The third kappa shape index (κ3) is 6.93. The van der Waals surface area contributed by atoms with Crippen molar-refractivity contribution < 1.29 is 38.2 Å². The maximum absolute atomic E-state index is 13.3. The number of carbonyl (C=O) groups excluding carboxylic acids is 5. The van der Waals surface area contributed by atoms with Crippen LogP contribution in [-0.2, 0) is 33.4 Å². The van der Waals surface area contributed by atoms with Gasteiger partial charge in [0.2, 0.25) is 5.91 Å². The molecule has 1 aliphatic heterocycles. The second-order valence-corrected chi connectivity index (χ2v) is 9.16. The number of nitrogens with zero attached hydrogens (tertiary/aromatic N) is 2. The fourth-order valence-electron chi connectivity index (χ4n) is 3.01. The van der Waals surface area contributed by atoms with Crippen molar-refractivity contribution in [1.29, 1.82) is 0 Å². The molecule has 1 fully saturated rings. The topological polar surface area (TPSA) is 120 Å². The number of ether oxygens (including phenoxy) is 3. The van der Waals surface area contributed by atoms with Crippen LogP contribution in [0.4, 0.5) is 4.79 Å². The van der Waals surface area contributed by atoms with Gasteiger partial charge in [-0.3, -0.25) is 14.4 Å². The minimum atomic E-state index is -1.59. The average Bonchev–Trinajstić information content (AvgIpc) is 2.86. The SMILES string of the molecule is CC(C)OC(=O)C(C(=O)OC(C)C)[C@@H](C)C(=O)N1C(=O)N(C)C[C@H]1C(=O)OC(C)(C)C. The number of imide groups is 1. The van der Waals surface area contributed by atoms with Crippen LogP contribution in [0.1, 0.15) is 55.4 Å². The fourth-order valence-corrected chi connectivity index (χ4v) is 3.01. The van der Waals surface area contributed by atoms with Gasteiger partial charge in [-0.1, -0.05) is 6.92 Å². The van der Waals surface area contributed by atoms with Gasteiger partial charge in [-0.25, -0.2) is 14.5 Å². The predicted molar refractivity (Wildman–Crippen MR) is 110 cm³/mol. The minimum absolute atomic E-state index is 0.0657. The van der Waals surface area contributed by atoms with E-state index in [-0.39, 0.29) is 6.54 Å². The first-order chi connectivity index (χ1) is 14.1. The molecule has 10 heteroatoms. The Balaban J connectivity index is 3.25. The van der Waals surface area contributed by atoms with E-state index >= 15 is 0 Å². The van der Waals surface area contributed by atoms with Gasteiger partial charge in [-0.05, 0) is 48.5 Å². The van der Waals surface area contributed by atoms with Crippen molar-refractivity contribution in [3.05, 3.63) is 0 Å². The van der Waals surface area contributed by atoms with Gasteiger partial charge in [0, 0.05) is 7.05 Å². The van der Waals surface area contributed by atoms with Crippen molar-refractivity contribution in [1.82, 2.24) is 9.80 Å². The van der Waals surface area contributed by atoms with E-state index in [4.69, 9.17) is 14.2 Å². The maximum atomic E-state index is 13.3. The van der Waals surface area contributed by atoms with E-state index in [1.807, 2.05) is 0 Å². The molecular weight excluding hydrogens is 408 g/mol. The first-order valence-electron chi connectivity index (χ1n) is 10.3. The summed E-state index contributed by atoms with van der Waals surface area (Å²) in [5.74, 6) is -6.38. The zero-order valence-corrected chi connectivity index (χ0v) is 19.8. The van der Waals surface area contributed by atoms with Crippen molar-refractivity contribution in [3.63, 3.8) is 0 Å². The van der Waals surface area contributed by atoms with Crippen LogP contribution < -0.4 is 0 Å². The number of carbonyl (C=O) groups is 5. The van der Waals surface area contributed by atoms with Crippen molar-refractivity contribution in [2.75, 3.05) is 13.6 Å². The summed E-state index contributed by atoms with van der Waals surface area (Å²) < 4.78 is 15.6. The van der Waals surface area contributed by atoms with Crippen LogP contribution in [0, 0.1) is 11.8 Å². The second kappa shape index (κ2) is 10.1. The lowest BCUT2D eigenvalue weighted by molar-refractivity contribution is -0.172. The molecule has 0 unspecified atom stereocenters. The summed E-state index contributed by atoms with van der Waals surface area (Å²) in [6.07, 6.45) is -1.06. The van der Waals surface area contributed by atoms with E-state index in [1.54, 1.807) is 48.5 Å². The third-order valence-corrected chi connectivity index (χ3v) is 4.31. The highest BCUT2D eigenvalue weighted by molar-refractivity contribution is 6.06. The molecule has 0 aromatic rings. The monoisotopic (exact) mass is 442 g/mol. The van der Waals surface area contributed by atoms with E-state index in [1.165, 1.54) is 18.9 Å². The Kier molecular flexibility index (Phi) is 8.60. The number of amides is 3. The molecule has 1 heterocycles. The third-order valence-electron chi connectivity index (χ3n) is 4.31. The zero-order valence-electron chi connectivity index (χ0n) is 19.8. The lowest BCUT2D eigenvalue weighted by Gasteiger charge is -2.29. The van der Waals surface area contributed by atoms with Crippen molar-refractivity contribution in [3.8, 4) is 0 Å². The first kappa shape index (κ1) is 26.4. The molecule has 0 aromatic heterocycles. The number of rotatable bonds is 7. The number of hydrogen-bond donors (Lipinski definition) is 0. The van der Waals surface area contributed by atoms with E-state index in [9.17, 15) is 24.0 Å². The van der Waals surface area contributed by atoms with Crippen LogP contribution in [0.25, 0.3) is 0 Å². The molecule has 31 heavy (non-hydrogen) atoms. The van der Waals surface area contributed by atoms with Gasteiger partial charge in [0.05, 0.1) is 24.7 Å². The predicted octanol–water partition coefficient (Wildman–Crippen LogP) is 1.75. The number of hydrogen-bond acceptors (Lipinski definition) is 8. The molecule has 0 aromatic carbocycles. The summed E-state index contributed by atoms with van der Waals surface area (Å²) in [6, 6.07) is -1.92. The van der Waals surface area contributed by atoms with Gasteiger partial charge in [-0.2, -0.15) is 0 Å². The Hall–Kier alpha value is -2.65. The molecule has 0 spiro atoms. The van der Waals surface area contributed by atoms with Gasteiger partial charge in [0.25, 0.3) is 0 Å². The molecule has 0 aliphatic carbocycles. The van der Waals surface area contributed by atoms with Crippen molar-refractivity contribution in [2.45, 2.75) is 79.2 Å². The molecule has 0 saturated carbocycles. The number of esters is 3. The molecule has 1 aliphatic rings. The van der Waals surface area contributed by atoms with Crippen LogP contribution in [0.2, 0.25) is 0 Å². The van der Waals surface area contributed by atoms with Crippen LogP contribution in [0.3, 0.4) is 0 Å². The molecule has 2 atom stereocenters. The van der Waals surface area contributed by atoms with Crippen molar-refractivity contribution in [2.24, 2.45) is 11.8 Å². The van der Waals surface area contributed by atoms with Crippen LogP contribution in [0.15, 0.2) is 0 Å². The fraction of sp³-hybridized carbons (Fsp3) is 0.762. The maximum Gasteiger partial charge on any atom is 0.331 e. The Morgan fingerprint density at radius 1 is 0.935 bits per heavy atom. The highest BCUT2D eigenvalue weighted by atomic mass is 16.6. The van der Waals surface area contributed by atoms with E-state index < -0.39 is 65.5 Å². The molecule has 1 rings (SSSR count). The van der Waals surface area contributed by atoms with Gasteiger partial charge >= 0.3 is 23.9 Å². The van der Waals surface area contributed by atoms with Crippen molar-refractivity contribution >= 4 is 29.8 Å². The van der Waals surface area contributed by atoms with Gasteiger partial charge in [-0.15, -0.1) is 0 Å². The van der Waals surface area contributed by atoms with E-state index in [0.29, 0.717) is 0 Å². The molecule has 176 valence electrons. The number of likely N-dealkylation sites (N-methyl/N-ethyl adjacent to an activating group) is 1.